The third-order valence-corrected chi connectivity index (χ3v) is 5.12. The number of aryl methyl sites for hydroxylation is 1. The number of nitrogens with zero attached hydrogens (tertiary/aromatic N) is 1. The van der Waals surface area contributed by atoms with E-state index in [0.29, 0.717) is 18.7 Å². The average molecular weight is 461 g/mol. The van der Waals surface area contributed by atoms with Gasteiger partial charge in [-0.25, -0.2) is 0 Å². The Morgan fingerprint density at radius 3 is 2.34 bits per heavy atom. The SMILES string of the molecule is CC[C@H](C(=O)NC(C)C)N(Cc1ccccc1C)C(=O)COc1ccc(Br)cc1. The lowest BCUT2D eigenvalue weighted by Crippen LogP contribution is -2.51. The number of ether oxygens (including phenoxy) is 1. The van der Waals surface area contributed by atoms with Gasteiger partial charge in [0, 0.05) is 17.1 Å². The number of hydrogen-bond donors (Lipinski definition) is 1. The molecule has 0 saturated heterocycles. The van der Waals surface area contributed by atoms with Crippen LogP contribution in [0.2, 0.25) is 0 Å². The third-order valence-electron chi connectivity index (χ3n) is 4.59. The van der Waals surface area contributed by atoms with Crippen LogP contribution in [0.4, 0.5) is 0 Å². The summed E-state index contributed by atoms with van der Waals surface area (Å²) in [4.78, 5) is 27.5. The largest absolute Gasteiger partial charge is 0.484 e. The van der Waals surface area contributed by atoms with Crippen molar-refractivity contribution in [2.24, 2.45) is 0 Å². The Bertz CT molecular complexity index is 821. The van der Waals surface area contributed by atoms with Crippen molar-refractivity contribution >= 4 is 27.7 Å². The zero-order valence-corrected chi connectivity index (χ0v) is 19.0. The molecule has 0 aliphatic rings. The van der Waals surface area contributed by atoms with Gasteiger partial charge >= 0.3 is 0 Å². The predicted molar refractivity (Wildman–Crippen MR) is 119 cm³/mol. The minimum atomic E-state index is -0.557. The van der Waals surface area contributed by atoms with Gasteiger partial charge in [-0.2, -0.15) is 0 Å². The number of halogens is 1. The summed E-state index contributed by atoms with van der Waals surface area (Å²) >= 11 is 3.38. The highest BCUT2D eigenvalue weighted by molar-refractivity contribution is 9.10. The monoisotopic (exact) mass is 460 g/mol. The highest BCUT2D eigenvalue weighted by Gasteiger charge is 2.29. The lowest BCUT2D eigenvalue weighted by Gasteiger charge is -2.31. The molecule has 0 unspecified atom stereocenters. The van der Waals surface area contributed by atoms with Crippen LogP contribution in [0, 0.1) is 6.92 Å². The first-order valence-corrected chi connectivity index (χ1v) is 10.6. The molecule has 0 saturated carbocycles. The van der Waals surface area contributed by atoms with Gasteiger partial charge in [-0.1, -0.05) is 47.1 Å². The van der Waals surface area contributed by atoms with Crippen molar-refractivity contribution in [3.63, 3.8) is 0 Å². The zero-order valence-electron chi connectivity index (χ0n) is 17.4. The minimum Gasteiger partial charge on any atom is -0.484 e. The Hall–Kier alpha value is -2.34. The first kappa shape index (κ1) is 22.9. The van der Waals surface area contributed by atoms with Gasteiger partial charge in [-0.3, -0.25) is 9.59 Å². The molecular weight excluding hydrogens is 432 g/mol. The fourth-order valence-electron chi connectivity index (χ4n) is 3.03. The molecule has 1 atom stereocenters. The molecule has 2 aromatic rings. The van der Waals surface area contributed by atoms with Crippen molar-refractivity contribution in [1.82, 2.24) is 10.2 Å². The number of benzene rings is 2. The Balaban J connectivity index is 2.21. The molecule has 0 bridgehead atoms. The maximum atomic E-state index is 13.1. The molecule has 2 amide bonds. The van der Waals surface area contributed by atoms with E-state index in [1.165, 1.54) is 0 Å². The molecule has 2 aromatic carbocycles. The Kier molecular flexibility index (Phi) is 8.70. The van der Waals surface area contributed by atoms with Crippen LogP contribution in [0.15, 0.2) is 53.0 Å². The zero-order chi connectivity index (χ0) is 21.4. The van der Waals surface area contributed by atoms with E-state index < -0.39 is 6.04 Å². The Morgan fingerprint density at radius 2 is 1.76 bits per heavy atom. The number of carbonyl (C=O) groups excluding carboxylic acids is 2. The molecular formula is C23H29BrN2O3. The van der Waals surface area contributed by atoms with Gasteiger partial charge in [0.25, 0.3) is 5.91 Å². The highest BCUT2D eigenvalue weighted by atomic mass is 79.9. The molecule has 29 heavy (non-hydrogen) atoms. The minimum absolute atomic E-state index is 0.00554. The Morgan fingerprint density at radius 1 is 1.10 bits per heavy atom. The van der Waals surface area contributed by atoms with Gasteiger partial charge in [-0.05, 0) is 62.6 Å². The highest BCUT2D eigenvalue weighted by Crippen LogP contribution is 2.18. The van der Waals surface area contributed by atoms with Crippen LogP contribution < -0.4 is 10.1 Å². The third kappa shape index (κ3) is 6.89. The van der Waals surface area contributed by atoms with Crippen molar-refractivity contribution in [2.75, 3.05) is 6.61 Å². The van der Waals surface area contributed by atoms with E-state index in [1.54, 1.807) is 17.0 Å². The summed E-state index contributed by atoms with van der Waals surface area (Å²) in [6.45, 7) is 7.98. The summed E-state index contributed by atoms with van der Waals surface area (Å²) in [7, 11) is 0. The van der Waals surface area contributed by atoms with Gasteiger partial charge in [0.1, 0.15) is 11.8 Å². The second-order valence-corrected chi connectivity index (χ2v) is 8.19. The molecule has 0 heterocycles. The van der Waals surface area contributed by atoms with Crippen LogP contribution in [0.3, 0.4) is 0 Å². The molecule has 0 radical (unpaired) electrons. The molecule has 0 aliphatic carbocycles. The van der Waals surface area contributed by atoms with Crippen molar-refractivity contribution in [2.45, 2.75) is 52.7 Å². The van der Waals surface area contributed by atoms with Crippen LogP contribution in [0.5, 0.6) is 5.75 Å². The molecule has 2 rings (SSSR count). The van der Waals surface area contributed by atoms with Gasteiger partial charge in [0.05, 0.1) is 0 Å². The van der Waals surface area contributed by atoms with E-state index in [4.69, 9.17) is 4.74 Å². The van der Waals surface area contributed by atoms with Crippen LogP contribution in [0.1, 0.15) is 38.3 Å². The van der Waals surface area contributed by atoms with Gasteiger partial charge in [0.15, 0.2) is 6.61 Å². The first-order valence-electron chi connectivity index (χ1n) is 9.84. The second-order valence-electron chi connectivity index (χ2n) is 7.28. The number of hydrogen-bond acceptors (Lipinski definition) is 3. The number of amides is 2. The van der Waals surface area contributed by atoms with Gasteiger partial charge in [-0.15, -0.1) is 0 Å². The molecule has 0 aliphatic heterocycles. The number of nitrogens with one attached hydrogen (secondary N) is 1. The summed E-state index contributed by atoms with van der Waals surface area (Å²) < 4.78 is 6.62. The van der Waals surface area contributed by atoms with Crippen LogP contribution >= 0.6 is 15.9 Å². The van der Waals surface area contributed by atoms with Crippen molar-refractivity contribution in [3.05, 3.63) is 64.1 Å². The molecule has 0 spiro atoms. The van der Waals surface area contributed by atoms with Crippen molar-refractivity contribution in [1.29, 1.82) is 0 Å². The lowest BCUT2D eigenvalue weighted by atomic mass is 10.1. The topological polar surface area (TPSA) is 58.6 Å². The standard InChI is InChI=1S/C23H29BrN2O3/c1-5-21(23(28)25-16(2)3)26(14-18-9-7-6-8-17(18)4)22(27)15-29-20-12-10-19(24)11-13-20/h6-13,16,21H,5,14-15H2,1-4H3,(H,25,28)/t21-/m1/s1. The van der Waals surface area contributed by atoms with E-state index in [9.17, 15) is 9.59 Å². The molecule has 1 N–H and O–H groups in total. The summed E-state index contributed by atoms with van der Waals surface area (Å²) in [6, 6.07) is 14.7. The fourth-order valence-corrected chi connectivity index (χ4v) is 3.29. The van der Waals surface area contributed by atoms with Crippen molar-refractivity contribution < 1.29 is 14.3 Å². The molecule has 5 nitrogen and oxygen atoms in total. The normalized spacial score (nSPS) is 11.8. The van der Waals surface area contributed by atoms with Crippen molar-refractivity contribution in [3.8, 4) is 5.75 Å². The first-order chi connectivity index (χ1) is 13.8. The van der Waals surface area contributed by atoms with E-state index in [2.05, 4.69) is 21.2 Å². The lowest BCUT2D eigenvalue weighted by molar-refractivity contribution is -0.143. The molecule has 156 valence electrons. The molecule has 0 aromatic heterocycles. The maximum absolute atomic E-state index is 13.1. The summed E-state index contributed by atoms with van der Waals surface area (Å²) in [5, 5.41) is 2.93. The molecule has 0 fully saturated rings. The quantitative estimate of drug-likeness (QED) is 0.600. The van der Waals surface area contributed by atoms with Gasteiger partial charge in [0.2, 0.25) is 5.91 Å². The van der Waals surface area contributed by atoms with E-state index >= 15 is 0 Å². The maximum Gasteiger partial charge on any atom is 0.261 e. The van der Waals surface area contributed by atoms with Crippen LogP contribution in [0.25, 0.3) is 0 Å². The van der Waals surface area contributed by atoms with Crippen LogP contribution in [-0.2, 0) is 16.1 Å². The van der Waals surface area contributed by atoms with E-state index in [1.807, 2.05) is 64.1 Å². The fraction of sp³-hybridized carbons (Fsp3) is 0.391. The van der Waals surface area contributed by atoms with Gasteiger partial charge < -0.3 is 15.0 Å². The van der Waals surface area contributed by atoms with Crippen LogP contribution in [-0.4, -0.2) is 35.4 Å². The van der Waals surface area contributed by atoms with E-state index in [0.717, 1.165) is 15.6 Å². The Labute approximate surface area is 181 Å². The average Bonchev–Trinajstić information content (AvgIpc) is 2.68. The van der Waals surface area contributed by atoms with E-state index in [-0.39, 0.29) is 24.5 Å². The predicted octanol–water partition coefficient (Wildman–Crippen LogP) is 4.47. The number of rotatable bonds is 9. The summed E-state index contributed by atoms with van der Waals surface area (Å²) in [5.74, 6) is 0.243. The summed E-state index contributed by atoms with van der Waals surface area (Å²) in [6.07, 6.45) is 0.522. The summed E-state index contributed by atoms with van der Waals surface area (Å²) in [5.41, 5.74) is 2.10. The molecule has 6 heteroatoms. The smallest absolute Gasteiger partial charge is 0.261 e. The second kappa shape index (κ2) is 11.0. The number of carbonyl (C=O) groups is 2.